The molecule has 116 valence electrons. The molecular weight excluding hydrogens is 354 g/mol. The average Bonchev–Trinajstić information content (AvgIpc) is 3.05. The van der Waals surface area contributed by atoms with E-state index in [0.29, 0.717) is 18.0 Å². The Labute approximate surface area is 137 Å². The molecule has 0 saturated carbocycles. The summed E-state index contributed by atoms with van der Waals surface area (Å²) in [6.45, 7) is 4.18. The number of hydrogen-bond donors (Lipinski definition) is 1. The third-order valence-electron chi connectivity index (χ3n) is 3.91. The van der Waals surface area contributed by atoms with Gasteiger partial charge in [0.05, 0.1) is 15.2 Å². The molecule has 2 heterocycles. The predicted octanol–water partition coefficient (Wildman–Crippen LogP) is 1.78. The molecule has 1 fully saturated rings. The molecule has 0 aromatic carbocycles. The smallest absolute Gasteiger partial charge is 0.264 e. The van der Waals surface area contributed by atoms with Crippen molar-refractivity contribution in [3.63, 3.8) is 0 Å². The summed E-state index contributed by atoms with van der Waals surface area (Å²) in [5.41, 5.74) is 5.76. The largest absolute Gasteiger partial charge is 0.341 e. The Morgan fingerprint density at radius 3 is 2.76 bits per heavy atom. The van der Waals surface area contributed by atoms with Gasteiger partial charge >= 0.3 is 0 Å². The van der Waals surface area contributed by atoms with E-state index in [1.54, 1.807) is 18.0 Å². The van der Waals surface area contributed by atoms with Crippen molar-refractivity contribution in [2.24, 2.45) is 11.1 Å². The number of rotatable bonds is 4. The highest BCUT2D eigenvalue weighted by Gasteiger charge is 2.35. The Balaban J connectivity index is 1.92. The zero-order chi connectivity index (χ0) is 15.6. The zero-order valence-corrected chi connectivity index (χ0v) is 14.7. The fourth-order valence-electron chi connectivity index (χ4n) is 2.40. The maximum absolute atomic E-state index is 12.3. The molecule has 2 rings (SSSR count). The van der Waals surface area contributed by atoms with Crippen LogP contribution in [0.5, 0.6) is 0 Å². The molecule has 1 atom stereocenters. The lowest BCUT2D eigenvalue weighted by Crippen LogP contribution is -2.41. The Kier molecular flexibility index (Phi) is 5.06. The van der Waals surface area contributed by atoms with Crippen LogP contribution in [0.3, 0.4) is 0 Å². The predicted molar refractivity (Wildman–Crippen MR) is 87.3 cm³/mol. The molecule has 2 N–H and O–H groups in total. The molecular formula is C14H20BrN3O2S. The summed E-state index contributed by atoms with van der Waals surface area (Å²) >= 11 is 4.71. The third-order valence-corrected chi connectivity index (χ3v) is 5.52. The summed E-state index contributed by atoms with van der Waals surface area (Å²) in [5, 5.41) is 0. The Bertz CT molecular complexity index is 548. The number of carbonyl (C=O) groups excluding carboxylic acids is 2. The van der Waals surface area contributed by atoms with E-state index in [9.17, 15) is 9.59 Å². The molecule has 0 radical (unpaired) electrons. The number of thiophene rings is 1. The molecule has 5 nitrogen and oxygen atoms in total. The minimum atomic E-state index is -0.125. The minimum Gasteiger partial charge on any atom is -0.341 e. The van der Waals surface area contributed by atoms with E-state index in [0.717, 1.165) is 16.8 Å². The second-order valence-electron chi connectivity index (χ2n) is 5.85. The van der Waals surface area contributed by atoms with E-state index in [2.05, 4.69) is 22.9 Å². The summed E-state index contributed by atoms with van der Waals surface area (Å²) in [4.78, 5) is 28.4. The quantitative estimate of drug-likeness (QED) is 0.874. The van der Waals surface area contributed by atoms with Gasteiger partial charge in [-0.1, -0.05) is 6.92 Å². The Morgan fingerprint density at radius 1 is 1.52 bits per heavy atom. The third kappa shape index (κ3) is 3.84. The standard InChI is InChI=1S/C14H20BrN3O2S/c1-14(8-16)5-6-18(9-14)12(19)7-17(2)13(20)10-3-4-11(15)21-10/h3-4H,5-9,16H2,1-2H3. The van der Waals surface area contributed by atoms with E-state index >= 15 is 0 Å². The van der Waals surface area contributed by atoms with E-state index in [-0.39, 0.29) is 23.8 Å². The van der Waals surface area contributed by atoms with E-state index in [1.165, 1.54) is 16.2 Å². The summed E-state index contributed by atoms with van der Waals surface area (Å²) < 4.78 is 0.906. The molecule has 1 aliphatic rings. The number of nitrogens with two attached hydrogens (primary N) is 1. The first-order valence-corrected chi connectivity index (χ1v) is 8.44. The number of amides is 2. The molecule has 7 heteroatoms. The van der Waals surface area contributed by atoms with Gasteiger partial charge in [0.25, 0.3) is 5.91 Å². The molecule has 1 aromatic rings. The van der Waals surface area contributed by atoms with Crippen molar-refractivity contribution >= 4 is 39.1 Å². The van der Waals surface area contributed by atoms with Gasteiger partial charge in [-0.05, 0) is 46.4 Å². The van der Waals surface area contributed by atoms with Gasteiger partial charge in [0.1, 0.15) is 0 Å². The Morgan fingerprint density at radius 2 is 2.24 bits per heavy atom. The van der Waals surface area contributed by atoms with E-state index in [4.69, 9.17) is 5.73 Å². The SMILES string of the molecule is CN(CC(=O)N1CCC(C)(CN)C1)C(=O)c1ccc(Br)s1. The highest BCUT2D eigenvalue weighted by Crippen LogP contribution is 2.28. The lowest BCUT2D eigenvalue weighted by Gasteiger charge is -2.24. The first-order valence-electron chi connectivity index (χ1n) is 6.83. The number of carbonyl (C=O) groups is 2. The first-order chi connectivity index (χ1) is 9.84. The van der Waals surface area contributed by atoms with Gasteiger partial charge in [-0.15, -0.1) is 11.3 Å². The fourth-order valence-corrected chi connectivity index (χ4v) is 3.78. The highest BCUT2D eigenvalue weighted by molar-refractivity contribution is 9.11. The first kappa shape index (κ1) is 16.5. The summed E-state index contributed by atoms with van der Waals surface area (Å²) in [6, 6.07) is 3.60. The number of nitrogens with zero attached hydrogens (tertiary/aromatic N) is 2. The van der Waals surface area contributed by atoms with Crippen LogP contribution in [-0.2, 0) is 4.79 Å². The number of likely N-dealkylation sites (N-methyl/N-ethyl adjacent to an activating group) is 1. The van der Waals surface area contributed by atoms with Crippen molar-refractivity contribution < 1.29 is 9.59 Å². The topological polar surface area (TPSA) is 66.6 Å². The van der Waals surface area contributed by atoms with Crippen LogP contribution in [0, 0.1) is 5.41 Å². The molecule has 0 aliphatic carbocycles. The van der Waals surface area contributed by atoms with Gasteiger partial charge in [-0.2, -0.15) is 0 Å². The van der Waals surface area contributed by atoms with Gasteiger partial charge in [0.2, 0.25) is 5.91 Å². The summed E-state index contributed by atoms with van der Waals surface area (Å²) in [5.74, 6) is -0.140. The lowest BCUT2D eigenvalue weighted by atomic mass is 9.90. The van der Waals surface area contributed by atoms with Gasteiger partial charge in [-0.25, -0.2) is 0 Å². The Hall–Kier alpha value is -0.920. The van der Waals surface area contributed by atoms with Crippen molar-refractivity contribution in [2.45, 2.75) is 13.3 Å². The van der Waals surface area contributed by atoms with Crippen LogP contribution < -0.4 is 5.73 Å². The summed E-state index contributed by atoms with van der Waals surface area (Å²) in [6.07, 6.45) is 0.921. The van der Waals surface area contributed by atoms with Crippen LogP contribution in [0.1, 0.15) is 23.0 Å². The molecule has 0 spiro atoms. The normalized spacial score (nSPS) is 21.6. The maximum atomic E-state index is 12.3. The van der Waals surface area contributed by atoms with Crippen molar-refractivity contribution in [2.75, 3.05) is 33.2 Å². The van der Waals surface area contributed by atoms with Gasteiger partial charge < -0.3 is 15.5 Å². The lowest BCUT2D eigenvalue weighted by molar-refractivity contribution is -0.131. The molecule has 1 aromatic heterocycles. The second kappa shape index (κ2) is 6.46. The van der Waals surface area contributed by atoms with E-state index < -0.39 is 0 Å². The van der Waals surface area contributed by atoms with Gasteiger partial charge in [0.15, 0.2) is 0 Å². The van der Waals surface area contributed by atoms with Crippen LogP contribution in [0.25, 0.3) is 0 Å². The minimum absolute atomic E-state index is 0.0108. The van der Waals surface area contributed by atoms with Crippen LogP contribution >= 0.6 is 27.3 Å². The molecule has 1 unspecified atom stereocenters. The van der Waals surface area contributed by atoms with Crippen LogP contribution in [0.15, 0.2) is 15.9 Å². The number of halogens is 1. The summed E-state index contributed by atoms with van der Waals surface area (Å²) in [7, 11) is 1.66. The molecule has 1 aliphatic heterocycles. The molecule has 21 heavy (non-hydrogen) atoms. The van der Waals surface area contributed by atoms with Gasteiger partial charge in [0, 0.05) is 20.1 Å². The monoisotopic (exact) mass is 373 g/mol. The molecule has 0 bridgehead atoms. The van der Waals surface area contributed by atoms with Crippen molar-refractivity contribution in [1.29, 1.82) is 0 Å². The second-order valence-corrected chi connectivity index (χ2v) is 8.31. The average molecular weight is 374 g/mol. The van der Waals surface area contributed by atoms with Crippen LogP contribution in [-0.4, -0.2) is 54.8 Å². The van der Waals surface area contributed by atoms with Crippen LogP contribution in [0.4, 0.5) is 0 Å². The van der Waals surface area contributed by atoms with Crippen molar-refractivity contribution in [1.82, 2.24) is 9.80 Å². The maximum Gasteiger partial charge on any atom is 0.264 e. The highest BCUT2D eigenvalue weighted by atomic mass is 79.9. The van der Waals surface area contributed by atoms with Crippen LogP contribution in [0.2, 0.25) is 0 Å². The number of hydrogen-bond acceptors (Lipinski definition) is 4. The van der Waals surface area contributed by atoms with Gasteiger partial charge in [-0.3, -0.25) is 9.59 Å². The molecule has 2 amide bonds. The number of likely N-dealkylation sites (tertiary alicyclic amines) is 1. The van der Waals surface area contributed by atoms with Crippen molar-refractivity contribution in [3.8, 4) is 0 Å². The van der Waals surface area contributed by atoms with Crippen molar-refractivity contribution in [3.05, 3.63) is 20.8 Å². The fraction of sp³-hybridized carbons (Fsp3) is 0.571. The molecule has 1 saturated heterocycles. The van der Waals surface area contributed by atoms with E-state index in [1.807, 2.05) is 6.07 Å². The zero-order valence-electron chi connectivity index (χ0n) is 12.3.